The van der Waals surface area contributed by atoms with Gasteiger partial charge in [-0.05, 0) is 36.8 Å². The lowest BCUT2D eigenvalue weighted by Crippen LogP contribution is -2.54. The zero-order valence-electron chi connectivity index (χ0n) is 15.8. The number of fused-ring (bicyclic) bond motifs is 1. The Hall–Kier alpha value is -3.26. The van der Waals surface area contributed by atoms with E-state index in [1.807, 2.05) is 0 Å². The fraction of sp³-hybridized carbons (Fsp3) is 0.286. The third-order valence-corrected chi connectivity index (χ3v) is 5.74. The highest BCUT2D eigenvalue weighted by Gasteiger charge is 2.67. The van der Waals surface area contributed by atoms with Crippen molar-refractivity contribution in [2.75, 3.05) is 12.0 Å². The molecule has 2 heterocycles. The first kappa shape index (κ1) is 19.1. The van der Waals surface area contributed by atoms with E-state index in [9.17, 15) is 23.9 Å². The van der Waals surface area contributed by atoms with E-state index in [0.717, 1.165) is 4.90 Å². The zero-order valence-corrected chi connectivity index (χ0v) is 15.8. The van der Waals surface area contributed by atoms with Gasteiger partial charge in [0.15, 0.2) is 0 Å². The van der Waals surface area contributed by atoms with Crippen LogP contribution in [-0.4, -0.2) is 35.5 Å². The van der Waals surface area contributed by atoms with E-state index < -0.39 is 47.0 Å². The summed E-state index contributed by atoms with van der Waals surface area (Å²) in [5.41, 5.74) is -1.01. The fourth-order valence-corrected chi connectivity index (χ4v) is 4.38. The van der Waals surface area contributed by atoms with Gasteiger partial charge in [0.25, 0.3) is 0 Å². The molecular weight excluding hydrogens is 379 g/mol. The van der Waals surface area contributed by atoms with Gasteiger partial charge in [0, 0.05) is 6.04 Å². The summed E-state index contributed by atoms with van der Waals surface area (Å²) < 4.78 is 19.3. The number of phenolic OH excluding ortho intramolecular Hbond substituents is 1. The van der Waals surface area contributed by atoms with Crippen molar-refractivity contribution in [3.05, 3.63) is 59.9 Å². The minimum atomic E-state index is -1.48. The van der Waals surface area contributed by atoms with Crippen molar-refractivity contribution in [3.8, 4) is 5.75 Å². The number of para-hydroxylation sites is 1. The number of nitrogens with one attached hydrogen (secondary N) is 1. The van der Waals surface area contributed by atoms with Crippen LogP contribution >= 0.6 is 0 Å². The van der Waals surface area contributed by atoms with Gasteiger partial charge in [0.1, 0.15) is 17.1 Å². The lowest BCUT2D eigenvalue weighted by molar-refractivity contribution is -0.151. The summed E-state index contributed by atoms with van der Waals surface area (Å²) in [6.07, 6.45) is 0. The van der Waals surface area contributed by atoms with Gasteiger partial charge in [-0.15, -0.1) is 0 Å². The van der Waals surface area contributed by atoms with Crippen LogP contribution in [-0.2, 0) is 19.1 Å². The largest absolute Gasteiger partial charge is 0.508 e. The standard InChI is InChI=1S/C21H19FN2O5/c1-21(20(28)29-2)16-15(17(23-21)11-7-9-12(25)10-8-11)18(26)24(19(16)27)14-6-4-3-5-13(14)22/h3-10,15-17,23,25H,1-2H3/t15-,16-,17-,21-/m1/s1. The van der Waals surface area contributed by atoms with Crippen molar-refractivity contribution < 1.29 is 28.6 Å². The minimum absolute atomic E-state index is 0.0424. The normalized spacial score (nSPS) is 28.5. The van der Waals surface area contributed by atoms with E-state index >= 15 is 0 Å². The van der Waals surface area contributed by atoms with Gasteiger partial charge < -0.3 is 9.84 Å². The van der Waals surface area contributed by atoms with Crippen molar-refractivity contribution in [2.24, 2.45) is 11.8 Å². The van der Waals surface area contributed by atoms with Crippen LogP contribution in [0.4, 0.5) is 10.1 Å². The molecular formula is C21H19FN2O5. The number of hydrogen-bond acceptors (Lipinski definition) is 6. The third kappa shape index (κ3) is 2.71. The highest BCUT2D eigenvalue weighted by atomic mass is 19.1. The van der Waals surface area contributed by atoms with E-state index in [1.54, 1.807) is 12.1 Å². The Bertz CT molecular complexity index is 1010. The Morgan fingerprint density at radius 1 is 1.14 bits per heavy atom. The van der Waals surface area contributed by atoms with Crippen molar-refractivity contribution in [2.45, 2.75) is 18.5 Å². The topological polar surface area (TPSA) is 95.9 Å². The van der Waals surface area contributed by atoms with Gasteiger partial charge in [0.2, 0.25) is 11.8 Å². The van der Waals surface area contributed by atoms with Crippen LogP contribution in [0.5, 0.6) is 5.75 Å². The van der Waals surface area contributed by atoms with Gasteiger partial charge in [-0.2, -0.15) is 0 Å². The second-order valence-electron chi connectivity index (χ2n) is 7.37. The third-order valence-electron chi connectivity index (χ3n) is 5.74. The van der Waals surface area contributed by atoms with Crippen LogP contribution in [0.1, 0.15) is 18.5 Å². The summed E-state index contributed by atoms with van der Waals surface area (Å²) in [6, 6.07) is 10.9. The van der Waals surface area contributed by atoms with Gasteiger partial charge in [-0.25, -0.2) is 9.29 Å². The molecule has 2 N–H and O–H groups in total. The van der Waals surface area contributed by atoms with Crippen LogP contribution in [0.25, 0.3) is 0 Å². The molecule has 0 radical (unpaired) electrons. The lowest BCUT2D eigenvalue weighted by Gasteiger charge is -2.28. The van der Waals surface area contributed by atoms with Crippen LogP contribution in [0.2, 0.25) is 0 Å². The quantitative estimate of drug-likeness (QED) is 0.606. The number of hydrogen-bond donors (Lipinski definition) is 2. The van der Waals surface area contributed by atoms with Crippen LogP contribution in [0.3, 0.4) is 0 Å². The number of methoxy groups -OCH3 is 1. The summed E-state index contributed by atoms with van der Waals surface area (Å²) >= 11 is 0. The Morgan fingerprint density at radius 2 is 1.79 bits per heavy atom. The molecule has 2 aromatic carbocycles. The molecule has 150 valence electrons. The number of amides is 2. The highest BCUT2D eigenvalue weighted by Crippen LogP contribution is 2.50. The van der Waals surface area contributed by atoms with Crippen molar-refractivity contribution >= 4 is 23.5 Å². The number of carbonyl (C=O) groups is 3. The highest BCUT2D eigenvalue weighted by molar-refractivity contribution is 6.24. The molecule has 0 bridgehead atoms. The summed E-state index contributed by atoms with van der Waals surface area (Å²) in [6.45, 7) is 1.51. The number of rotatable bonds is 3. The number of halogens is 1. The Kier molecular flexibility index (Phi) is 4.38. The van der Waals surface area contributed by atoms with Crippen LogP contribution in [0.15, 0.2) is 48.5 Å². The molecule has 0 unspecified atom stereocenters. The van der Waals surface area contributed by atoms with Crippen LogP contribution in [0, 0.1) is 17.7 Å². The zero-order chi connectivity index (χ0) is 20.9. The molecule has 2 aliphatic heterocycles. The number of ether oxygens (including phenoxy) is 1. The molecule has 8 heteroatoms. The number of imide groups is 1. The van der Waals surface area contributed by atoms with Crippen molar-refractivity contribution in [1.29, 1.82) is 0 Å². The van der Waals surface area contributed by atoms with E-state index in [2.05, 4.69) is 5.32 Å². The first-order chi connectivity index (χ1) is 13.8. The second kappa shape index (κ2) is 6.66. The average molecular weight is 398 g/mol. The first-order valence-corrected chi connectivity index (χ1v) is 9.07. The van der Waals surface area contributed by atoms with Crippen LogP contribution < -0.4 is 10.2 Å². The maximum atomic E-state index is 14.4. The second-order valence-corrected chi connectivity index (χ2v) is 7.37. The van der Waals surface area contributed by atoms with E-state index in [1.165, 1.54) is 50.4 Å². The molecule has 0 saturated carbocycles. The number of nitrogens with zero attached hydrogens (tertiary/aromatic N) is 1. The molecule has 2 fully saturated rings. The number of esters is 1. The number of aromatic hydroxyl groups is 1. The van der Waals surface area contributed by atoms with E-state index in [4.69, 9.17) is 4.74 Å². The van der Waals surface area contributed by atoms with E-state index in [0.29, 0.717) is 5.56 Å². The van der Waals surface area contributed by atoms with Gasteiger partial charge in [-0.3, -0.25) is 19.7 Å². The molecule has 4 rings (SSSR count). The number of carbonyl (C=O) groups excluding carboxylic acids is 3. The fourth-order valence-electron chi connectivity index (χ4n) is 4.38. The molecule has 7 nitrogen and oxygen atoms in total. The molecule has 2 amide bonds. The molecule has 2 saturated heterocycles. The average Bonchev–Trinajstić information content (AvgIpc) is 3.17. The SMILES string of the molecule is COC(=O)[C@]1(C)N[C@H](c2ccc(O)cc2)[C@@H]2C(=O)N(c3ccccc3F)C(=O)[C@@H]21. The Balaban J connectivity index is 1.84. The molecule has 0 aliphatic carbocycles. The first-order valence-electron chi connectivity index (χ1n) is 9.07. The lowest BCUT2D eigenvalue weighted by atomic mass is 9.80. The summed E-state index contributed by atoms with van der Waals surface area (Å²) in [4.78, 5) is 40.0. The molecule has 29 heavy (non-hydrogen) atoms. The predicted octanol–water partition coefficient (Wildman–Crippen LogP) is 1.91. The predicted molar refractivity (Wildman–Crippen MR) is 100 cm³/mol. The van der Waals surface area contributed by atoms with Gasteiger partial charge in [0.05, 0.1) is 24.6 Å². The molecule has 0 spiro atoms. The monoisotopic (exact) mass is 398 g/mol. The number of benzene rings is 2. The van der Waals surface area contributed by atoms with Gasteiger partial charge >= 0.3 is 5.97 Å². The maximum absolute atomic E-state index is 14.4. The number of phenols is 1. The Labute approximate surface area is 166 Å². The summed E-state index contributed by atoms with van der Waals surface area (Å²) in [5.74, 6) is -4.61. The maximum Gasteiger partial charge on any atom is 0.326 e. The molecule has 4 atom stereocenters. The smallest absolute Gasteiger partial charge is 0.326 e. The van der Waals surface area contributed by atoms with Gasteiger partial charge in [-0.1, -0.05) is 24.3 Å². The summed E-state index contributed by atoms with van der Waals surface area (Å²) in [7, 11) is 1.20. The minimum Gasteiger partial charge on any atom is -0.508 e. The summed E-state index contributed by atoms with van der Waals surface area (Å²) in [5, 5.41) is 12.7. The molecule has 2 aromatic rings. The van der Waals surface area contributed by atoms with E-state index in [-0.39, 0.29) is 11.4 Å². The molecule has 0 aromatic heterocycles. The van der Waals surface area contributed by atoms with Crippen molar-refractivity contribution in [1.82, 2.24) is 5.32 Å². The number of anilines is 1. The molecule has 2 aliphatic rings. The van der Waals surface area contributed by atoms with Crippen molar-refractivity contribution in [3.63, 3.8) is 0 Å². The Morgan fingerprint density at radius 3 is 2.41 bits per heavy atom.